The highest BCUT2D eigenvalue weighted by atomic mass is 19.1. The van der Waals surface area contributed by atoms with Crippen molar-refractivity contribution in [2.24, 2.45) is 0 Å². The van der Waals surface area contributed by atoms with Crippen molar-refractivity contribution in [1.82, 2.24) is 4.90 Å². The summed E-state index contributed by atoms with van der Waals surface area (Å²) in [4.78, 5) is 17.2. The quantitative estimate of drug-likeness (QED) is 0.191. The first-order valence-corrected chi connectivity index (χ1v) is 13.0. The van der Waals surface area contributed by atoms with Crippen LogP contribution in [0.1, 0.15) is 23.6 Å². The maximum Gasteiger partial charge on any atom is 0.264 e. The fraction of sp³-hybridized carbons (Fsp3) is 0.250. The molecule has 7 heteroatoms. The Labute approximate surface area is 229 Å². The molecule has 1 aliphatic rings. The number of ether oxygens (including phenoxy) is 2. The molecular weight excluding hydrogens is 493 g/mol. The molecule has 0 bridgehead atoms. The second-order valence-corrected chi connectivity index (χ2v) is 9.13. The highest BCUT2D eigenvalue weighted by Gasteiger charge is 2.24. The molecule has 6 nitrogen and oxygen atoms in total. The van der Waals surface area contributed by atoms with E-state index in [1.165, 1.54) is 12.1 Å². The molecule has 1 amide bonds. The monoisotopic (exact) mass is 525 g/mol. The number of anilines is 1. The summed E-state index contributed by atoms with van der Waals surface area (Å²) in [7, 11) is 0. The van der Waals surface area contributed by atoms with Crippen molar-refractivity contribution in [2.45, 2.75) is 20.0 Å². The summed E-state index contributed by atoms with van der Waals surface area (Å²) in [6, 6.07) is 22.0. The third-order valence-corrected chi connectivity index (χ3v) is 6.46. The molecule has 0 spiro atoms. The molecule has 3 aromatic carbocycles. The van der Waals surface area contributed by atoms with Gasteiger partial charge >= 0.3 is 0 Å². The van der Waals surface area contributed by atoms with E-state index in [1.807, 2.05) is 31.2 Å². The largest absolute Gasteiger partial charge is 0.490 e. The van der Waals surface area contributed by atoms with E-state index in [9.17, 15) is 14.4 Å². The van der Waals surface area contributed by atoms with E-state index in [-0.39, 0.29) is 23.9 Å². The van der Waals surface area contributed by atoms with E-state index < -0.39 is 0 Å². The third-order valence-electron chi connectivity index (χ3n) is 6.46. The zero-order chi connectivity index (χ0) is 27.6. The number of para-hydroxylation sites is 1. The van der Waals surface area contributed by atoms with Crippen molar-refractivity contribution in [3.05, 3.63) is 107 Å². The Hall–Kier alpha value is -4.57. The number of carbonyl (C=O) groups excluding carboxylic acids is 1. The van der Waals surface area contributed by atoms with Gasteiger partial charge in [0.1, 0.15) is 24.1 Å². The second kappa shape index (κ2) is 13.3. The van der Waals surface area contributed by atoms with Gasteiger partial charge in [0.15, 0.2) is 11.5 Å². The van der Waals surface area contributed by atoms with Crippen LogP contribution in [0.2, 0.25) is 0 Å². The van der Waals surface area contributed by atoms with Crippen molar-refractivity contribution >= 4 is 17.7 Å². The molecule has 1 heterocycles. The summed E-state index contributed by atoms with van der Waals surface area (Å²) in [5.41, 5.74) is 3.48. The van der Waals surface area contributed by atoms with Crippen molar-refractivity contribution in [2.75, 3.05) is 37.7 Å². The van der Waals surface area contributed by atoms with Crippen LogP contribution in [0.15, 0.2) is 85.0 Å². The van der Waals surface area contributed by atoms with Crippen molar-refractivity contribution in [1.29, 1.82) is 5.26 Å². The summed E-state index contributed by atoms with van der Waals surface area (Å²) in [5, 5.41) is 9.87. The summed E-state index contributed by atoms with van der Waals surface area (Å²) in [6.07, 6.45) is 3.86. The van der Waals surface area contributed by atoms with Gasteiger partial charge in [0.2, 0.25) is 0 Å². The van der Waals surface area contributed by atoms with Gasteiger partial charge in [0.25, 0.3) is 5.91 Å². The number of nitriles is 1. The molecule has 3 aromatic rings. The molecule has 0 saturated carbocycles. The molecular formula is C32H32FN3O3. The van der Waals surface area contributed by atoms with Crippen molar-refractivity contribution in [3.8, 4) is 17.6 Å². The lowest BCUT2D eigenvalue weighted by Crippen LogP contribution is -2.49. The summed E-state index contributed by atoms with van der Waals surface area (Å²) in [5.74, 6) is 0.467. The number of halogens is 1. The Morgan fingerprint density at radius 1 is 1.05 bits per heavy atom. The number of benzene rings is 3. The smallest absolute Gasteiger partial charge is 0.264 e. The Morgan fingerprint density at radius 3 is 2.41 bits per heavy atom. The Balaban J connectivity index is 1.54. The van der Waals surface area contributed by atoms with E-state index >= 15 is 0 Å². The third kappa shape index (κ3) is 7.05. The predicted molar refractivity (Wildman–Crippen MR) is 151 cm³/mol. The second-order valence-electron chi connectivity index (χ2n) is 9.13. The zero-order valence-corrected chi connectivity index (χ0v) is 22.1. The van der Waals surface area contributed by atoms with Crippen LogP contribution in [0.4, 0.5) is 10.1 Å². The first-order valence-electron chi connectivity index (χ1n) is 13.0. The first-order chi connectivity index (χ1) is 19.0. The highest BCUT2D eigenvalue weighted by molar-refractivity contribution is 6.02. The van der Waals surface area contributed by atoms with Crippen LogP contribution in [0.3, 0.4) is 0 Å². The maximum absolute atomic E-state index is 13.3. The van der Waals surface area contributed by atoms with Gasteiger partial charge in [-0.25, -0.2) is 4.39 Å². The first kappa shape index (κ1) is 27.5. The van der Waals surface area contributed by atoms with Gasteiger partial charge in [0, 0.05) is 37.4 Å². The molecule has 0 unspecified atom stereocenters. The SMILES string of the molecule is C=CCc1cc(/C=C(/C#N)C(=O)N2CCN(c3ccccc3)CC2)cc(OCC)c1OCc1ccc(F)cc1. The number of piperazine rings is 1. The standard InChI is InChI=1S/C32H32FN3O3/c1-3-8-26-19-25(21-30(38-4-2)31(26)39-23-24-11-13-28(33)14-12-24)20-27(22-34)32(37)36-17-15-35(16-18-36)29-9-6-5-7-10-29/h3,5-7,9-14,19-21H,1,4,8,15-18,23H2,2H3/b27-20-. The molecule has 1 aliphatic heterocycles. The summed E-state index contributed by atoms with van der Waals surface area (Å²) >= 11 is 0. The number of hydrogen-bond donors (Lipinski definition) is 0. The van der Waals surface area contributed by atoms with Crippen molar-refractivity contribution < 1.29 is 18.7 Å². The molecule has 0 aliphatic carbocycles. The van der Waals surface area contributed by atoms with Gasteiger partial charge in [-0.15, -0.1) is 6.58 Å². The summed E-state index contributed by atoms with van der Waals surface area (Å²) < 4.78 is 25.3. The van der Waals surface area contributed by atoms with Crippen LogP contribution in [0.25, 0.3) is 6.08 Å². The van der Waals surface area contributed by atoms with E-state index in [0.29, 0.717) is 56.3 Å². The molecule has 0 N–H and O–H groups in total. The number of carbonyl (C=O) groups is 1. The minimum atomic E-state index is -0.307. The topological polar surface area (TPSA) is 65.8 Å². The lowest BCUT2D eigenvalue weighted by atomic mass is 10.0. The summed E-state index contributed by atoms with van der Waals surface area (Å²) in [6.45, 7) is 8.84. The van der Waals surface area contributed by atoms with Crippen LogP contribution in [0, 0.1) is 17.1 Å². The molecule has 0 aromatic heterocycles. The normalized spacial score (nSPS) is 13.5. The van der Waals surface area contributed by atoms with E-state index in [2.05, 4.69) is 29.7 Å². The number of rotatable bonds is 10. The van der Waals surface area contributed by atoms with Crippen LogP contribution in [0.5, 0.6) is 11.5 Å². The Bertz CT molecular complexity index is 1360. The maximum atomic E-state index is 13.3. The van der Waals surface area contributed by atoms with E-state index in [0.717, 1.165) is 16.8 Å². The molecule has 1 saturated heterocycles. The lowest BCUT2D eigenvalue weighted by molar-refractivity contribution is -0.126. The van der Waals surface area contributed by atoms with Gasteiger partial charge in [-0.2, -0.15) is 5.26 Å². The number of allylic oxidation sites excluding steroid dienone is 1. The number of hydrogen-bond acceptors (Lipinski definition) is 5. The Kier molecular flexibility index (Phi) is 9.36. The van der Waals surface area contributed by atoms with Gasteiger partial charge in [-0.3, -0.25) is 4.79 Å². The van der Waals surface area contributed by atoms with Crippen molar-refractivity contribution in [3.63, 3.8) is 0 Å². The fourth-order valence-corrected chi connectivity index (χ4v) is 4.52. The van der Waals surface area contributed by atoms with Crippen LogP contribution in [-0.4, -0.2) is 43.6 Å². The van der Waals surface area contributed by atoms with Gasteiger partial charge < -0.3 is 19.3 Å². The minimum Gasteiger partial charge on any atom is -0.490 e. The van der Waals surface area contributed by atoms with E-state index in [4.69, 9.17) is 9.47 Å². The van der Waals surface area contributed by atoms with Crippen LogP contribution >= 0.6 is 0 Å². The average molecular weight is 526 g/mol. The molecule has 4 rings (SSSR count). The van der Waals surface area contributed by atoms with Gasteiger partial charge in [0.05, 0.1) is 6.61 Å². The minimum absolute atomic E-state index is 0.0649. The molecule has 200 valence electrons. The van der Waals surface area contributed by atoms with E-state index in [1.54, 1.807) is 35.3 Å². The number of nitrogens with zero attached hydrogens (tertiary/aromatic N) is 3. The average Bonchev–Trinajstić information content (AvgIpc) is 2.97. The lowest BCUT2D eigenvalue weighted by Gasteiger charge is -2.36. The molecule has 1 fully saturated rings. The fourth-order valence-electron chi connectivity index (χ4n) is 4.52. The molecule has 39 heavy (non-hydrogen) atoms. The molecule has 0 radical (unpaired) electrons. The zero-order valence-electron chi connectivity index (χ0n) is 22.1. The highest BCUT2D eigenvalue weighted by Crippen LogP contribution is 2.35. The molecule has 0 atom stereocenters. The van der Waals surface area contributed by atoms with Gasteiger partial charge in [-0.1, -0.05) is 36.4 Å². The van der Waals surface area contributed by atoms with Crippen LogP contribution < -0.4 is 14.4 Å². The Morgan fingerprint density at radius 2 is 1.77 bits per heavy atom. The number of amides is 1. The van der Waals surface area contributed by atoms with Gasteiger partial charge in [-0.05, 0) is 66.9 Å². The van der Waals surface area contributed by atoms with Crippen LogP contribution in [-0.2, 0) is 17.8 Å². The predicted octanol–water partition coefficient (Wildman–Crippen LogP) is 5.79.